The van der Waals surface area contributed by atoms with Gasteiger partial charge < -0.3 is 5.32 Å². The summed E-state index contributed by atoms with van der Waals surface area (Å²) in [5, 5.41) is 3.42. The molecule has 1 fully saturated rings. The van der Waals surface area contributed by atoms with Crippen LogP contribution in [0.2, 0.25) is 0 Å². The van der Waals surface area contributed by atoms with Crippen molar-refractivity contribution in [2.24, 2.45) is 0 Å². The molecule has 1 aromatic rings. The van der Waals surface area contributed by atoms with Crippen molar-refractivity contribution in [1.29, 1.82) is 0 Å². The molecule has 0 radical (unpaired) electrons. The molecule has 0 aliphatic carbocycles. The normalized spacial score (nSPS) is 18.2. The quantitative estimate of drug-likeness (QED) is 0.764. The Bertz CT molecular complexity index is 428. The zero-order chi connectivity index (χ0) is 13.7. The number of nitrogens with one attached hydrogen (secondary N) is 1. The Balaban J connectivity index is 2.24. The van der Waals surface area contributed by atoms with Crippen LogP contribution in [0.25, 0.3) is 0 Å². The largest absolute Gasteiger partial charge is 0.314 e. The van der Waals surface area contributed by atoms with Crippen molar-refractivity contribution in [2.75, 3.05) is 26.2 Å². The Morgan fingerprint density at radius 3 is 2.74 bits per heavy atom. The lowest BCUT2D eigenvalue weighted by Crippen LogP contribution is -2.45. The molecule has 1 atom stereocenters. The van der Waals surface area contributed by atoms with E-state index in [2.05, 4.69) is 66.9 Å². The summed E-state index contributed by atoms with van der Waals surface area (Å²) in [6, 6.07) is 6.91. The van der Waals surface area contributed by atoms with E-state index in [9.17, 15) is 0 Å². The van der Waals surface area contributed by atoms with Crippen molar-refractivity contribution in [3.05, 3.63) is 45.4 Å². The number of piperazine rings is 1. The predicted molar refractivity (Wildman–Crippen MR) is 88.5 cm³/mol. The minimum atomic E-state index is 0.465. The molecule has 1 aliphatic heterocycles. The summed E-state index contributed by atoms with van der Waals surface area (Å²) in [5.74, 6) is 0. The summed E-state index contributed by atoms with van der Waals surface area (Å²) < 4.78 is 2.34. The van der Waals surface area contributed by atoms with E-state index < -0.39 is 0 Å². The standard InChI is InChI=1S/C15H20Br2N2/c1-2-3-4-15(19-9-7-18-8-10-19)13-11-12(16)5-6-14(13)17/h2,5-6,11,15,18H,1,3-4,7-10H2/t15-/m1/s1. The second-order valence-electron chi connectivity index (χ2n) is 4.83. The van der Waals surface area contributed by atoms with Crippen LogP contribution in [0, 0.1) is 0 Å². The van der Waals surface area contributed by atoms with E-state index in [0.717, 1.165) is 43.5 Å². The van der Waals surface area contributed by atoms with E-state index in [1.807, 2.05) is 6.08 Å². The van der Waals surface area contributed by atoms with E-state index in [4.69, 9.17) is 0 Å². The number of halogens is 2. The number of hydrogen-bond acceptors (Lipinski definition) is 2. The smallest absolute Gasteiger partial charge is 0.0363 e. The summed E-state index contributed by atoms with van der Waals surface area (Å²) in [7, 11) is 0. The molecule has 0 spiro atoms. The Labute approximate surface area is 132 Å². The molecule has 1 heterocycles. The summed E-state index contributed by atoms with van der Waals surface area (Å²) in [6.07, 6.45) is 4.19. The number of hydrogen-bond donors (Lipinski definition) is 1. The molecule has 4 heteroatoms. The second-order valence-corrected chi connectivity index (χ2v) is 6.60. The highest BCUT2D eigenvalue weighted by Crippen LogP contribution is 2.33. The molecule has 0 aromatic heterocycles. The summed E-state index contributed by atoms with van der Waals surface area (Å²) in [6.45, 7) is 8.24. The minimum absolute atomic E-state index is 0.465. The molecular weight excluding hydrogens is 368 g/mol. The maximum atomic E-state index is 3.86. The van der Waals surface area contributed by atoms with Gasteiger partial charge in [-0.3, -0.25) is 4.90 Å². The monoisotopic (exact) mass is 386 g/mol. The van der Waals surface area contributed by atoms with Gasteiger partial charge in [0.1, 0.15) is 0 Å². The average molecular weight is 388 g/mol. The first kappa shape index (κ1) is 15.2. The highest BCUT2D eigenvalue weighted by molar-refractivity contribution is 9.11. The molecule has 0 saturated carbocycles. The van der Waals surface area contributed by atoms with Gasteiger partial charge in [-0.15, -0.1) is 6.58 Å². The van der Waals surface area contributed by atoms with E-state index in [1.165, 1.54) is 10.0 Å². The van der Waals surface area contributed by atoms with Crippen molar-refractivity contribution in [1.82, 2.24) is 10.2 Å². The number of rotatable bonds is 5. The number of allylic oxidation sites excluding steroid dienone is 1. The van der Waals surface area contributed by atoms with Gasteiger partial charge in [-0.1, -0.05) is 37.9 Å². The number of benzene rings is 1. The van der Waals surface area contributed by atoms with Crippen LogP contribution in [-0.2, 0) is 0 Å². The van der Waals surface area contributed by atoms with Gasteiger partial charge in [-0.2, -0.15) is 0 Å². The summed E-state index contributed by atoms with van der Waals surface area (Å²) in [4.78, 5) is 2.58. The van der Waals surface area contributed by atoms with Gasteiger partial charge in [0.25, 0.3) is 0 Å². The lowest BCUT2D eigenvalue weighted by atomic mass is 9.99. The third kappa shape index (κ3) is 4.15. The molecule has 1 aromatic carbocycles. The molecular formula is C15H20Br2N2. The lowest BCUT2D eigenvalue weighted by Gasteiger charge is -2.35. The van der Waals surface area contributed by atoms with Crippen molar-refractivity contribution in [3.8, 4) is 0 Å². The van der Waals surface area contributed by atoms with Crippen LogP contribution in [0.5, 0.6) is 0 Å². The molecule has 1 N–H and O–H groups in total. The lowest BCUT2D eigenvalue weighted by molar-refractivity contribution is 0.165. The van der Waals surface area contributed by atoms with Crippen LogP contribution in [0.15, 0.2) is 39.8 Å². The van der Waals surface area contributed by atoms with Gasteiger partial charge in [0.2, 0.25) is 0 Å². The second kappa shape index (κ2) is 7.58. The third-order valence-electron chi connectivity index (χ3n) is 3.55. The van der Waals surface area contributed by atoms with Gasteiger partial charge >= 0.3 is 0 Å². The van der Waals surface area contributed by atoms with Gasteiger partial charge in [-0.25, -0.2) is 0 Å². The van der Waals surface area contributed by atoms with Gasteiger partial charge in [0, 0.05) is 41.2 Å². The maximum absolute atomic E-state index is 3.86. The third-order valence-corrected chi connectivity index (χ3v) is 4.77. The zero-order valence-electron chi connectivity index (χ0n) is 11.0. The molecule has 1 saturated heterocycles. The first-order valence-corrected chi connectivity index (χ1v) is 8.31. The first-order valence-electron chi connectivity index (χ1n) is 6.73. The Morgan fingerprint density at radius 1 is 1.32 bits per heavy atom. The maximum Gasteiger partial charge on any atom is 0.0363 e. The molecule has 2 nitrogen and oxygen atoms in total. The van der Waals surface area contributed by atoms with Crippen LogP contribution in [0.3, 0.4) is 0 Å². The molecule has 2 rings (SSSR count). The van der Waals surface area contributed by atoms with E-state index in [0.29, 0.717) is 6.04 Å². The fraction of sp³-hybridized carbons (Fsp3) is 0.467. The molecule has 0 bridgehead atoms. The Morgan fingerprint density at radius 2 is 2.05 bits per heavy atom. The minimum Gasteiger partial charge on any atom is -0.314 e. The Hall–Kier alpha value is -0.160. The van der Waals surface area contributed by atoms with Crippen LogP contribution in [0.1, 0.15) is 24.4 Å². The van der Waals surface area contributed by atoms with Crippen molar-refractivity contribution in [2.45, 2.75) is 18.9 Å². The zero-order valence-corrected chi connectivity index (χ0v) is 14.2. The molecule has 19 heavy (non-hydrogen) atoms. The molecule has 104 valence electrons. The Kier molecular flexibility index (Phi) is 6.07. The number of nitrogens with zero attached hydrogens (tertiary/aromatic N) is 1. The van der Waals surface area contributed by atoms with Gasteiger partial charge in [0.05, 0.1) is 0 Å². The highest BCUT2D eigenvalue weighted by Gasteiger charge is 2.23. The predicted octanol–water partition coefficient (Wildman–Crippen LogP) is 4.12. The van der Waals surface area contributed by atoms with E-state index in [1.54, 1.807) is 0 Å². The molecule has 0 unspecified atom stereocenters. The van der Waals surface area contributed by atoms with Gasteiger partial charge in [0.15, 0.2) is 0 Å². The van der Waals surface area contributed by atoms with Crippen LogP contribution < -0.4 is 5.32 Å². The highest BCUT2D eigenvalue weighted by atomic mass is 79.9. The summed E-state index contributed by atoms with van der Waals surface area (Å²) in [5.41, 5.74) is 1.37. The molecule has 1 aliphatic rings. The van der Waals surface area contributed by atoms with Crippen molar-refractivity contribution < 1.29 is 0 Å². The van der Waals surface area contributed by atoms with Crippen LogP contribution >= 0.6 is 31.9 Å². The van der Waals surface area contributed by atoms with E-state index in [-0.39, 0.29) is 0 Å². The molecule has 0 amide bonds. The van der Waals surface area contributed by atoms with E-state index >= 15 is 0 Å². The van der Waals surface area contributed by atoms with Crippen LogP contribution in [0.4, 0.5) is 0 Å². The fourth-order valence-corrected chi connectivity index (χ4v) is 3.46. The summed E-state index contributed by atoms with van der Waals surface area (Å²) >= 11 is 7.29. The van der Waals surface area contributed by atoms with Crippen molar-refractivity contribution >= 4 is 31.9 Å². The average Bonchev–Trinajstić information content (AvgIpc) is 2.44. The van der Waals surface area contributed by atoms with Crippen molar-refractivity contribution in [3.63, 3.8) is 0 Å². The van der Waals surface area contributed by atoms with Gasteiger partial charge in [-0.05, 0) is 36.6 Å². The topological polar surface area (TPSA) is 15.3 Å². The fourth-order valence-electron chi connectivity index (χ4n) is 2.57. The van der Waals surface area contributed by atoms with Crippen LogP contribution in [-0.4, -0.2) is 31.1 Å². The SMILES string of the molecule is C=CCC[C@H](c1cc(Br)ccc1Br)N1CCNCC1. The first-order chi connectivity index (χ1) is 9.22.